The van der Waals surface area contributed by atoms with Crippen molar-refractivity contribution >= 4 is 62.5 Å². The second-order valence-corrected chi connectivity index (χ2v) is 10.2. The highest BCUT2D eigenvalue weighted by Gasteiger charge is 2.61. The minimum atomic E-state index is -1.12. The lowest BCUT2D eigenvalue weighted by molar-refractivity contribution is -0.123. The van der Waals surface area contributed by atoms with Gasteiger partial charge >= 0.3 is 0 Å². The van der Waals surface area contributed by atoms with Crippen LogP contribution in [0.1, 0.15) is 22.0 Å². The molecule has 1 N–H and O–H groups in total. The molecule has 2 fully saturated rings. The number of fused-ring (bicyclic) bond motifs is 1. The van der Waals surface area contributed by atoms with Crippen LogP contribution in [-0.4, -0.2) is 43.0 Å². The Labute approximate surface area is 231 Å². The van der Waals surface area contributed by atoms with Gasteiger partial charge in [0.05, 0.1) is 36.9 Å². The standard InChI is InChI=1S/C26H20BrCl2N3O5/c1-36-16-7-8-17(20(12-16)37-2)22-21-23(32(30-22)24(33)13-4-3-5-14(27)10-13)26(35)31(25(21)34)19-9-6-15(28)11-18(19)29/h3-12,21-23,30H,1-2H3. The maximum Gasteiger partial charge on any atom is 0.268 e. The van der Waals surface area contributed by atoms with Gasteiger partial charge in [-0.2, -0.15) is 0 Å². The molecule has 0 spiro atoms. The Balaban J connectivity index is 1.63. The van der Waals surface area contributed by atoms with E-state index in [1.165, 1.54) is 31.4 Å². The monoisotopic (exact) mass is 603 g/mol. The second-order valence-electron chi connectivity index (χ2n) is 8.48. The molecule has 0 bridgehead atoms. The summed E-state index contributed by atoms with van der Waals surface area (Å²) in [4.78, 5) is 42.3. The van der Waals surface area contributed by atoms with Gasteiger partial charge in [-0.15, -0.1) is 0 Å². The molecule has 2 heterocycles. The molecular weight excluding hydrogens is 585 g/mol. The number of hydrazine groups is 1. The fourth-order valence-electron chi connectivity index (χ4n) is 4.77. The van der Waals surface area contributed by atoms with Crippen LogP contribution < -0.4 is 19.8 Å². The molecule has 3 unspecified atom stereocenters. The highest BCUT2D eigenvalue weighted by atomic mass is 79.9. The lowest BCUT2D eigenvalue weighted by Crippen LogP contribution is -2.48. The summed E-state index contributed by atoms with van der Waals surface area (Å²) in [6.07, 6.45) is 0. The number of benzene rings is 3. The summed E-state index contributed by atoms with van der Waals surface area (Å²) in [5, 5.41) is 1.73. The maximum absolute atomic E-state index is 13.9. The van der Waals surface area contributed by atoms with Crippen LogP contribution in [0.5, 0.6) is 11.5 Å². The predicted molar refractivity (Wildman–Crippen MR) is 142 cm³/mol. The van der Waals surface area contributed by atoms with Crippen LogP contribution in [0, 0.1) is 5.92 Å². The Morgan fingerprint density at radius 3 is 2.43 bits per heavy atom. The van der Waals surface area contributed by atoms with Gasteiger partial charge in [0.1, 0.15) is 17.5 Å². The van der Waals surface area contributed by atoms with E-state index in [9.17, 15) is 14.4 Å². The van der Waals surface area contributed by atoms with Crippen LogP contribution in [0.25, 0.3) is 0 Å². The number of nitrogens with one attached hydrogen (secondary N) is 1. The van der Waals surface area contributed by atoms with Crippen molar-refractivity contribution in [3.05, 3.63) is 86.3 Å². The normalized spacial score (nSPS) is 20.8. The first-order chi connectivity index (χ1) is 17.7. The minimum absolute atomic E-state index is 0.144. The van der Waals surface area contributed by atoms with Crippen molar-refractivity contribution in [2.45, 2.75) is 12.1 Å². The van der Waals surface area contributed by atoms with Gasteiger partial charge in [0.15, 0.2) is 0 Å². The average molecular weight is 605 g/mol. The Bertz CT molecular complexity index is 1440. The molecule has 3 amide bonds. The molecule has 0 aromatic heterocycles. The number of hydrogen-bond acceptors (Lipinski definition) is 6. The second kappa shape index (κ2) is 9.98. The first-order valence-electron chi connectivity index (χ1n) is 11.1. The van der Waals surface area contributed by atoms with Gasteiger partial charge in [0.2, 0.25) is 5.91 Å². The van der Waals surface area contributed by atoms with Crippen LogP contribution in [0.15, 0.2) is 65.1 Å². The number of imide groups is 1. The predicted octanol–water partition coefficient (Wildman–Crippen LogP) is 5.03. The summed E-state index contributed by atoms with van der Waals surface area (Å²) in [6.45, 7) is 0. The van der Waals surface area contributed by atoms with Crippen molar-refractivity contribution in [3.63, 3.8) is 0 Å². The number of amides is 3. The Kier molecular flexibility index (Phi) is 6.89. The van der Waals surface area contributed by atoms with Gasteiger partial charge in [0.25, 0.3) is 11.8 Å². The molecule has 11 heteroatoms. The molecule has 0 saturated carbocycles. The van der Waals surface area contributed by atoms with Crippen LogP contribution in [0.3, 0.4) is 0 Å². The largest absolute Gasteiger partial charge is 0.497 e. The Morgan fingerprint density at radius 2 is 1.76 bits per heavy atom. The summed E-state index contributed by atoms with van der Waals surface area (Å²) in [6, 6.07) is 14.6. The highest BCUT2D eigenvalue weighted by Crippen LogP contribution is 2.46. The fraction of sp³-hybridized carbons (Fsp3) is 0.192. The van der Waals surface area contributed by atoms with Crippen LogP contribution in [0.2, 0.25) is 10.0 Å². The van der Waals surface area contributed by atoms with Crippen molar-refractivity contribution in [3.8, 4) is 11.5 Å². The number of hydrogen-bond donors (Lipinski definition) is 1. The van der Waals surface area contributed by atoms with E-state index in [0.717, 1.165) is 4.90 Å². The van der Waals surface area contributed by atoms with E-state index >= 15 is 0 Å². The van der Waals surface area contributed by atoms with Gasteiger partial charge in [-0.1, -0.05) is 45.2 Å². The maximum atomic E-state index is 13.9. The summed E-state index contributed by atoms with van der Waals surface area (Å²) in [7, 11) is 3.03. The van der Waals surface area contributed by atoms with Gasteiger partial charge in [-0.3, -0.25) is 19.4 Å². The van der Waals surface area contributed by atoms with Crippen LogP contribution in [-0.2, 0) is 9.59 Å². The highest BCUT2D eigenvalue weighted by molar-refractivity contribution is 9.10. The van der Waals surface area contributed by atoms with Crippen LogP contribution in [0.4, 0.5) is 5.69 Å². The van der Waals surface area contributed by atoms with Crippen molar-refractivity contribution in [2.24, 2.45) is 5.92 Å². The molecule has 3 aromatic rings. The number of carbonyl (C=O) groups is 3. The summed E-state index contributed by atoms with van der Waals surface area (Å²) in [5.74, 6) is -1.49. The lowest BCUT2D eigenvalue weighted by atomic mass is 9.90. The molecule has 8 nitrogen and oxygen atoms in total. The molecule has 37 heavy (non-hydrogen) atoms. The van der Waals surface area contributed by atoms with Crippen LogP contribution >= 0.6 is 39.1 Å². The third kappa shape index (κ3) is 4.35. The van der Waals surface area contributed by atoms with E-state index in [0.29, 0.717) is 32.1 Å². The summed E-state index contributed by atoms with van der Waals surface area (Å²) in [5.41, 5.74) is 4.25. The molecule has 3 atom stereocenters. The summed E-state index contributed by atoms with van der Waals surface area (Å²) < 4.78 is 11.6. The lowest BCUT2D eigenvalue weighted by Gasteiger charge is -2.26. The number of nitrogens with zero attached hydrogens (tertiary/aromatic N) is 2. The number of carbonyl (C=O) groups excluding carboxylic acids is 3. The zero-order valence-corrected chi connectivity index (χ0v) is 22.7. The third-order valence-electron chi connectivity index (χ3n) is 6.45. The number of anilines is 1. The molecule has 0 radical (unpaired) electrons. The quantitative estimate of drug-likeness (QED) is 0.411. The average Bonchev–Trinajstić information content (AvgIpc) is 3.40. The van der Waals surface area contributed by atoms with E-state index in [4.69, 9.17) is 32.7 Å². The molecule has 2 saturated heterocycles. The Morgan fingerprint density at radius 1 is 0.973 bits per heavy atom. The fourth-order valence-corrected chi connectivity index (χ4v) is 5.66. The number of halogens is 3. The zero-order chi connectivity index (χ0) is 26.4. The smallest absolute Gasteiger partial charge is 0.268 e. The molecule has 0 aliphatic carbocycles. The van der Waals surface area contributed by atoms with Crippen molar-refractivity contribution in [2.75, 3.05) is 19.1 Å². The first-order valence-corrected chi connectivity index (χ1v) is 12.7. The van der Waals surface area contributed by atoms with E-state index in [-0.39, 0.29) is 10.7 Å². The number of rotatable bonds is 5. The van der Waals surface area contributed by atoms with Crippen molar-refractivity contribution in [1.29, 1.82) is 0 Å². The number of ether oxygens (including phenoxy) is 2. The molecule has 2 aliphatic rings. The topological polar surface area (TPSA) is 88.2 Å². The molecule has 5 rings (SSSR count). The van der Waals surface area contributed by atoms with E-state index in [1.54, 1.807) is 48.5 Å². The van der Waals surface area contributed by atoms with Crippen molar-refractivity contribution < 1.29 is 23.9 Å². The zero-order valence-electron chi connectivity index (χ0n) is 19.6. The van der Waals surface area contributed by atoms with Gasteiger partial charge in [0, 0.05) is 26.7 Å². The number of methoxy groups -OCH3 is 2. The Hall–Kier alpha value is -3.11. The van der Waals surface area contributed by atoms with E-state index in [1.807, 2.05) is 0 Å². The van der Waals surface area contributed by atoms with Gasteiger partial charge in [-0.25, -0.2) is 10.3 Å². The summed E-state index contributed by atoms with van der Waals surface area (Å²) >= 11 is 15.8. The van der Waals surface area contributed by atoms with E-state index in [2.05, 4.69) is 21.4 Å². The van der Waals surface area contributed by atoms with Crippen molar-refractivity contribution in [1.82, 2.24) is 10.4 Å². The third-order valence-corrected chi connectivity index (χ3v) is 7.48. The SMILES string of the molecule is COc1ccc(C2NN(C(=O)c3cccc(Br)c3)C3C(=O)N(c4ccc(Cl)cc4Cl)C(=O)C23)c(OC)c1. The molecule has 190 valence electrons. The minimum Gasteiger partial charge on any atom is -0.497 e. The van der Waals surface area contributed by atoms with Gasteiger partial charge < -0.3 is 9.47 Å². The van der Waals surface area contributed by atoms with E-state index < -0.39 is 35.7 Å². The van der Waals surface area contributed by atoms with Gasteiger partial charge in [-0.05, 0) is 48.5 Å². The molecule has 2 aliphatic heterocycles. The molecular formula is C26H20BrCl2N3O5. The first kappa shape index (κ1) is 25.5. The molecule has 3 aromatic carbocycles.